The lowest BCUT2D eigenvalue weighted by molar-refractivity contribution is -0.142. The van der Waals surface area contributed by atoms with Crippen LogP contribution in [0.1, 0.15) is 49.0 Å². The number of esters is 1. The number of hydrogen-bond donors (Lipinski definition) is 0. The van der Waals surface area contributed by atoms with Gasteiger partial charge in [-0.15, -0.1) is 0 Å². The van der Waals surface area contributed by atoms with Gasteiger partial charge in [0.2, 0.25) is 0 Å². The molecule has 3 aromatic carbocycles. The van der Waals surface area contributed by atoms with E-state index in [2.05, 4.69) is 4.90 Å². The van der Waals surface area contributed by atoms with Gasteiger partial charge in [-0.2, -0.15) is 0 Å². The molecule has 0 saturated carbocycles. The first kappa shape index (κ1) is 24.5. The predicted molar refractivity (Wildman–Crippen MR) is 122 cm³/mol. The van der Waals surface area contributed by atoms with Crippen molar-refractivity contribution in [2.24, 2.45) is 0 Å². The zero-order valence-corrected chi connectivity index (χ0v) is 19.0. The molecule has 0 aliphatic carbocycles. The molecule has 0 N–H and O–H groups in total. The van der Waals surface area contributed by atoms with Crippen molar-refractivity contribution < 1.29 is 22.7 Å². The van der Waals surface area contributed by atoms with Gasteiger partial charge in [-0.05, 0) is 43.0 Å². The maximum absolute atomic E-state index is 14.6. The van der Waals surface area contributed by atoms with Crippen molar-refractivity contribution in [3.05, 3.63) is 107 Å². The fourth-order valence-electron chi connectivity index (χ4n) is 4.31. The molecule has 0 spiro atoms. The number of rotatable bonds is 9. The van der Waals surface area contributed by atoms with Crippen molar-refractivity contribution in [3.63, 3.8) is 0 Å². The lowest BCUT2D eigenvalue weighted by Crippen LogP contribution is -2.42. The molecule has 0 aliphatic heterocycles. The average molecular weight is 456 g/mol. The van der Waals surface area contributed by atoms with Crippen LogP contribution in [0.15, 0.2) is 72.8 Å². The van der Waals surface area contributed by atoms with E-state index in [1.54, 1.807) is 0 Å². The Labute approximate surface area is 192 Å². The first-order valence-electron chi connectivity index (χ1n) is 10.9. The molecule has 0 aliphatic rings. The molecule has 6 heteroatoms. The molecule has 174 valence electrons. The van der Waals surface area contributed by atoms with E-state index in [1.807, 2.05) is 74.5 Å². The average Bonchev–Trinajstić information content (AvgIpc) is 2.83. The summed E-state index contributed by atoms with van der Waals surface area (Å²) in [5.41, 5.74) is 2.04. The van der Waals surface area contributed by atoms with Gasteiger partial charge in [0.15, 0.2) is 11.6 Å². The van der Waals surface area contributed by atoms with E-state index in [0.29, 0.717) is 6.07 Å². The van der Waals surface area contributed by atoms with Gasteiger partial charge in [0.1, 0.15) is 5.82 Å². The number of benzene rings is 3. The Morgan fingerprint density at radius 2 is 1.30 bits per heavy atom. The van der Waals surface area contributed by atoms with Crippen LogP contribution >= 0.6 is 0 Å². The third kappa shape index (κ3) is 6.02. The van der Waals surface area contributed by atoms with Gasteiger partial charge in [-0.1, -0.05) is 60.7 Å². The van der Waals surface area contributed by atoms with E-state index >= 15 is 0 Å². The molecular formula is C27H28F3NO2. The molecule has 33 heavy (non-hydrogen) atoms. The monoisotopic (exact) mass is 455 g/mol. The van der Waals surface area contributed by atoms with E-state index < -0.39 is 29.5 Å². The highest BCUT2D eigenvalue weighted by atomic mass is 19.2. The number of halogens is 3. The topological polar surface area (TPSA) is 29.5 Å². The molecule has 3 aromatic rings. The van der Waals surface area contributed by atoms with E-state index in [-0.39, 0.29) is 30.5 Å². The summed E-state index contributed by atoms with van der Waals surface area (Å²) < 4.78 is 47.0. The summed E-state index contributed by atoms with van der Waals surface area (Å²) in [4.78, 5) is 14.5. The minimum absolute atomic E-state index is 0.00643. The number of ether oxygens (including phenoxy) is 1. The number of nitrogens with zero attached hydrogens (tertiary/aromatic N) is 1. The molecular weight excluding hydrogens is 427 g/mol. The zero-order valence-electron chi connectivity index (χ0n) is 19.0. The van der Waals surface area contributed by atoms with Crippen LogP contribution < -0.4 is 0 Å². The minimum atomic E-state index is -1.24. The smallest absolute Gasteiger partial charge is 0.307 e. The molecule has 3 rings (SSSR count). The minimum Gasteiger partial charge on any atom is -0.469 e. The van der Waals surface area contributed by atoms with Crippen molar-refractivity contribution >= 4 is 5.97 Å². The van der Waals surface area contributed by atoms with Crippen molar-refractivity contribution in [2.45, 2.75) is 44.8 Å². The predicted octanol–water partition coefficient (Wildman–Crippen LogP) is 6.40. The van der Waals surface area contributed by atoms with Crippen LogP contribution in [0.5, 0.6) is 0 Å². The summed E-state index contributed by atoms with van der Waals surface area (Å²) in [5, 5.41) is 0. The fraction of sp³-hybridized carbons (Fsp3) is 0.296. The number of carbonyl (C=O) groups is 1. The number of methoxy groups -OCH3 is 1. The zero-order chi connectivity index (χ0) is 24.0. The van der Waals surface area contributed by atoms with E-state index in [4.69, 9.17) is 4.74 Å². The van der Waals surface area contributed by atoms with Gasteiger partial charge in [0.25, 0.3) is 0 Å². The fourth-order valence-corrected chi connectivity index (χ4v) is 4.31. The Morgan fingerprint density at radius 3 is 1.79 bits per heavy atom. The second kappa shape index (κ2) is 11.1. The third-order valence-electron chi connectivity index (χ3n) is 6.05. The molecule has 3 nitrogen and oxygen atoms in total. The van der Waals surface area contributed by atoms with Gasteiger partial charge in [-0.25, -0.2) is 13.2 Å². The molecule has 0 saturated heterocycles. The summed E-state index contributed by atoms with van der Waals surface area (Å²) in [6, 6.07) is 20.1. The molecule has 3 atom stereocenters. The van der Waals surface area contributed by atoms with Crippen molar-refractivity contribution in [1.82, 2.24) is 4.90 Å². The van der Waals surface area contributed by atoms with Crippen LogP contribution in [-0.2, 0) is 16.0 Å². The van der Waals surface area contributed by atoms with Crippen LogP contribution in [-0.4, -0.2) is 24.0 Å². The standard InChI is InChI=1S/C27H28F3NO2/c1-18(20-10-6-4-7-11-20)31(19(2)21-12-8-5-9-13-21)23(16-27(32)33-3)14-22-15-25(29)26(30)17-24(22)28/h4-13,15,17-19,23H,14,16H2,1-3H3/t18?,19?,23-/m0/s1. The molecule has 2 unspecified atom stereocenters. The van der Waals surface area contributed by atoms with Crippen LogP contribution in [0.4, 0.5) is 13.2 Å². The molecule has 0 bridgehead atoms. The number of carbonyl (C=O) groups excluding carboxylic acids is 1. The first-order chi connectivity index (χ1) is 15.8. The van der Waals surface area contributed by atoms with E-state index in [9.17, 15) is 18.0 Å². The van der Waals surface area contributed by atoms with Crippen LogP contribution in [0.25, 0.3) is 0 Å². The van der Waals surface area contributed by atoms with E-state index in [1.165, 1.54) is 7.11 Å². The summed E-state index contributed by atoms with van der Waals surface area (Å²) >= 11 is 0. The molecule has 0 radical (unpaired) electrons. The number of hydrogen-bond acceptors (Lipinski definition) is 3. The van der Waals surface area contributed by atoms with Crippen molar-refractivity contribution in [3.8, 4) is 0 Å². The first-order valence-corrected chi connectivity index (χ1v) is 10.9. The lowest BCUT2D eigenvalue weighted by atomic mass is 9.93. The molecule has 0 aromatic heterocycles. The quantitative estimate of drug-likeness (QED) is 0.276. The normalized spacial score (nSPS) is 14.0. The second-order valence-corrected chi connectivity index (χ2v) is 8.12. The third-order valence-corrected chi connectivity index (χ3v) is 6.05. The highest BCUT2D eigenvalue weighted by Crippen LogP contribution is 2.35. The largest absolute Gasteiger partial charge is 0.469 e. The lowest BCUT2D eigenvalue weighted by Gasteiger charge is -2.41. The van der Waals surface area contributed by atoms with Crippen molar-refractivity contribution in [2.75, 3.05) is 7.11 Å². The van der Waals surface area contributed by atoms with Gasteiger partial charge in [0.05, 0.1) is 13.5 Å². The van der Waals surface area contributed by atoms with Gasteiger partial charge in [-0.3, -0.25) is 9.69 Å². The highest BCUT2D eigenvalue weighted by Gasteiger charge is 2.32. The van der Waals surface area contributed by atoms with Crippen LogP contribution in [0, 0.1) is 17.5 Å². The Hall–Kier alpha value is -3.12. The maximum atomic E-state index is 14.6. The summed E-state index contributed by atoms with van der Waals surface area (Å²) in [6.45, 7) is 4.03. The second-order valence-electron chi connectivity index (χ2n) is 8.12. The molecule has 0 amide bonds. The SMILES string of the molecule is COC(=O)C[C@H](Cc1cc(F)c(F)cc1F)N(C(C)c1ccccc1)C(C)c1ccccc1. The van der Waals surface area contributed by atoms with Gasteiger partial charge < -0.3 is 4.74 Å². The van der Waals surface area contributed by atoms with Crippen molar-refractivity contribution in [1.29, 1.82) is 0 Å². The van der Waals surface area contributed by atoms with Crippen LogP contribution in [0.2, 0.25) is 0 Å². The Kier molecular flexibility index (Phi) is 8.28. The van der Waals surface area contributed by atoms with Gasteiger partial charge >= 0.3 is 5.97 Å². The summed E-state index contributed by atoms with van der Waals surface area (Å²) in [5.74, 6) is -3.67. The van der Waals surface area contributed by atoms with Gasteiger partial charge in [0, 0.05) is 24.2 Å². The highest BCUT2D eigenvalue weighted by molar-refractivity contribution is 5.70. The summed E-state index contributed by atoms with van der Waals surface area (Å²) in [6.07, 6.45) is -0.0320. The Bertz CT molecular complexity index is 1010. The maximum Gasteiger partial charge on any atom is 0.307 e. The van der Waals surface area contributed by atoms with E-state index in [0.717, 1.165) is 17.2 Å². The Morgan fingerprint density at radius 1 is 0.818 bits per heavy atom. The Balaban J connectivity index is 2.08. The van der Waals surface area contributed by atoms with Crippen LogP contribution in [0.3, 0.4) is 0 Å². The summed E-state index contributed by atoms with van der Waals surface area (Å²) in [7, 11) is 1.29. The molecule has 0 fully saturated rings. The molecule has 0 heterocycles.